The van der Waals surface area contributed by atoms with Gasteiger partial charge in [0, 0.05) is 22.3 Å². The summed E-state index contributed by atoms with van der Waals surface area (Å²) in [6, 6.07) is 17.1. The number of para-hydroxylation sites is 2. The summed E-state index contributed by atoms with van der Waals surface area (Å²) in [6.45, 7) is 4.54. The quantitative estimate of drug-likeness (QED) is 0.0996. The Morgan fingerprint density at radius 2 is 0.973 bits per heavy atom. The van der Waals surface area contributed by atoms with E-state index in [1.165, 1.54) is 87.8 Å². The van der Waals surface area contributed by atoms with E-state index in [0.717, 1.165) is 38.8 Å². The molecule has 4 rings (SSSR count). The van der Waals surface area contributed by atoms with E-state index >= 15 is 0 Å². The molecule has 6 heteroatoms. The van der Waals surface area contributed by atoms with Gasteiger partial charge in [-0.1, -0.05) is 138 Å². The van der Waals surface area contributed by atoms with Gasteiger partial charge in [-0.05, 0) is 25.0 Å². The van der Waals surface area contributed by atoms with E-state index < -0.39 is 0 Å². The first-order valence-corrected chi connectivity index (χ1v) is 16.3. The Hall–Kier alpha value is -2.05. The Morgan fingerprint density at radius 1 is 0.541 bits per heavy atom. The van der Waals surface area contributed by atoms with E-state index in [0.29, 0.717) is 0 Å². The fourth-order valence-corrected chi connectivity index (χ4v) is 6.50. The van der Waals surface area contributed by atoms with Crippen LogP contribution in [0.4, 0.5) is 0 Å². The number of hydrogen-bond acceptors (Lipinski definition) is 5. The van der Waals surface area contributed by atoms with Gasteiger partial charge in [-0.2, -0.15) is 15.0 Å². The molecule has 2 aromatic heterocycles. The number of thioether (sulfide) groups is 2. The summed E-state index contributed by atoms with van der Waals surface area (Å²) < 4.78 is 2.22. The second-order valence-corrected chi connectivity index (χ2v) is 11.9. The van der Waals surface area contributed by atoms with Crippen molar-refractivity contribution in [2.45, 2.75) is 101 Å². The van der Waals surface area contributed by atoms with Crippen LogP contribution in [0.1, 0.15) is 90.9 Å². The summed E-state index contributed by atoms with van der Waals surface area (Å²) in [4.78, 5) is 14.9. The molecule has 0 aliphatic rings. The predicted molar refractivity (Wildman–Crippen MR) is 162 cm³/mol. The summed E-state index contributed by atoms with van der Waals surface area (Å²) >= 11 is 3.57. The molecule has 0 saturated heterocycles. The van der Waals surface area contributed by atoms with Crippen LogP contribution in [0.3, 0.4) is 0 Å². The molecule has 4 nitrogen and oxygen atoms in total. The average Bonchev–Trinajstić information content (AvgIpc) is 3.26. The smallest absolute Gasteiger partial charge is 0.239 e. The Balaban J connectivity index is 1.53. The number of benzene rings is 2. The van der Waals surface area contributed by atoms with Crippen LogP contribution in [0.5, 0.6) is 0 Å². The van der Waals surface area contributed by atoms with Crippen molar-refractivity contribution in [2.24, 2.45) is 0 Å². The normalized spacial score (nSPS) is 11.6. The molecule has 2 heterocycles. The Labute approximate surface area is 231 Å². The van der Waals surface area contributed by atoms with Gasteiger partial charge in [0.2, 0.25) is 5.95 Å². The maximum atomic E-state index is 4.99. The largest absolute Gasteiger partial charge is 0.278 e. The van der Waals surface area contributed by atoms with E-state index in [1.54, 1.807) is 23.5 Å². The second-order valence-electron chi connectivity index (χ2n) is 9.80. The molecular weight excluding hydrogens is 493 g/mol. The minimum absolute atomic E-state index is 0.739. The van der Waals surface area contributed by atoms with Crippen molar-refractivity contribution in [1.29, 1.82) is 0 Å². The molecule has 198 valence electrons. The number of unbranched alkanes of at least 4 members (excludes halogenated alkanes) is 10. The first-order chi connectivity index (χ1) is 18.3. The first-order valence-electron chi connectivity index (χ1n) is 14.3. The zero-order valence-corrected chi connectivity index (χ0v) is 24.3. The third-order valence-electron chi connectivity index (χ3n) is 6.82. The number of aromatic nitrogens is 4. The van der Waals surface area contributed by atoms with Crippen LogP contribution in [0.25, 0.3) is 27.8 Å². The zero-order chi connectivity index (χ0) is 25.7. The van der Waals surface area contributed by atoms with E-state index in [1.807, 2.05) is 0 Å². The SMILES string of the molecule is CCCCCCCCSc1nc(SCCCCCCCC)nc(-n2c3ccccc3c3ccccc32)n1. The Kier molecular flexibility index (Phi) is 11.6. The Morgan fingerprint density at radius 3 is 1.46 bits per heavy atom. The molecule has 0 amide bonds. The van der Waals surface area contributed by atoms with Crippen LogP contribution >= 0.6 is 23.5 Å². The van der Waals surface area contributed by atoms with E-state index in [-0.39, 0.29) is 0 Å². The first kappa shape index (κ1) is 28.0. The van der Waals surface area contributed by atoms with Crippen LogP contribution < -0.4 is 0 Å². The highest BCUT2D eigenvalue weighted by Gasteiger charge is 2.16. The van der Waals surface area contributed by atoms with Crippen LogP contribution in [-0.4, -0.2) is 31.0 Å². The van der Waals surface area contributed by atoms with Crippen molar-refractivity contribution in [2.75, 3.05) is 11.5 Å². The maximum absolute atomic E-state index is 4.99. The minimum Gasteiger partial charge on any atom is -0.278 e. The average molecular weight is 535 g/mol. The summed E-state index contributed by atoms with van der Waals surface area (Å²) in [5, 5.41) is 4.18. The zero-order valence-electron chi connectivity index (χ0n) is 22.6. The molecule has 0 unspecified atom stereocenters. The number of hydrogen-bond donors (Lipinski definition) is 0. The standard InChI is InChI=1S/C31H42N4S2/c1-3-5-7-9-11-17-23-36-30-32-29(33-31(34-30)37-24-18-12-10-8-6-4-2)35-27-21-15-13-19-25(27)26-20-14-16-22-28(26)35/h13-16,19-22H,3-12,17-18,23-24H2,1-2H3. The van der Waals surface area contributed by atoms with Crippen molar-refractivity contribution < 1.29 is 0 Å². The molecule has 37 heavy (non-hydrogen) atoms. The lowest BCUT2D eigenvalue weighted by molar-refractivity contribution is 0.626. The molecule has 0 spiro atoms. The fraction of sp³-hybridized carbons (Fsp3) is 0.516. The van der Waals surface area contributed by atoms with E-state index in [9.17, 15) is 0 Å². The summed E-state index contributed by atoms with van der Waals surface area (Å²) in [7, 11) is 0. The predicted octanol–water partition coefficient (Wildman–Crippen LogP) is 9.87. The highest BCUT2D eigenvalue weighted by atomic mass is 32.2. The van der Waals surface area contributed by atoms with Gasteiger partial charge in [0.25, 0.3) is 0 Å². The van der Waals surface area contributed by atoms with E-state index in [2.05, 4.69) is 66.9 Å². The lowest BCUT2D eigenvalue weighted by Crippen LogP contribution is -2.06. The molecule has 2 aromatic carbocycles. The number of rotatable bonds is 17. The lowest BCUT2D eigenvalue weighted by Gasteiger charge is -2.10. The van der Waals surface area contributed by atoms with Gasteiger partial charge in [-0.25, -0.2) is 0 Å². The number of fused-ring (bicyclic) bond motifs is 3. The van der Waals surface area contributed by atoms with Gasteiger partial charge in [0.05, 0.1) is 11.0 Å². The minimum atomic E-state index is 0.739. The summed E-state index contributed by atoms with van der Waals surface area (Å²) in [6.07, 6.45) is 15.7. The molecule has 0 atom stereocenters. The van der Waals surface area contributed by atoms with Crippen LogP contribution in [-0.2, 0) is 0 Å². The van der Waals surface area contributed by atoms with Gasteiger partial charge < -0.3 is 0 Å². The third-order valence-corrected chi connectivity index (χ3v) is 8.69. The van der Waals surface area contributed by atoms with Crippen molar-refractivity contribution in [3.8, 4) is 5.95 Å². The van der Waals surface area contributed by atoms with Gasteiger partial charge in [-0.3, -0.25) is 4.57 Å². The van der Waals surface area contributed by atoms with Gasteiger partial charge >= 0.3 is 0 Å². The van der Waals surface area contributed by atoms with E-state index in [4.69, 9.17) is 15.0 Å². The topological polar surface area (TPSA) is 43.6 Å². The molecule has 0 radical (unpaired) electrons. The Bertz CT molecular complexity index is 1150. The van der Waals surface area contributed by atoms with Crippen molar-refractivity contribution in [1.82, 2.24) is 19.5 Å². The molecule has 4 aromatic rings. The highest BCUT2D eigenvalue weighted by molar-refractivity contribution is 7.99. The monoisotopic (exact) mass is 534 g/mol. The van der Waals surface area contributed by atoms with Crippen LogP contribution in [0.15, 0.2) is 58.8 Å². The molecule has 0 fully saturated rings. The number of nitrogens with zero attached hydrogens (tertiary/aromatic N) is 4. The second kappa shape index (κ2) is 15.4. The molecule has 0 saturated carbocycles. The van der Waals surface area contributed by atoms with Crippen molar-refractivity contribution in [3.05, 3.63) is 48.5 Å². The summed E-state index contributed by atoms with van der Waals surface area (Å²) in [5.74, 6) is 2.86. The van der Waals surface area contributed by atoms with Crippen LogP contribution in [0.2, 0.25) is 0 Å². The highest BCUT2D eigenvalue weighted by Crippen LogP contribution is 2.32. The third kappa shape index (κ3) is 7.97. The molecule has 0 bridgehead atoms. The lowest BCUT2D eigenvalue weighted by atomic mass is 10.1. The van der Waals surface area contributed by atoms with Gasteiger partial charge in [0.15, 0.2) is 10.3 Å². The van der Waals surface area contributed by atoms with Crippen molar-refractivity contribution >= 4 is 45.3 Å². The van der Waals surface area contributed by atoms with Crippen molar-refractivity contribution in [3.63, 3.8) is 0 Å². The van der Waals surface area contributed by atoms with Gasteiger partial charge in [-0.15, -0.1) is 0 Å². The maximum Gasteiger partial charge on any atom is 0.239 e. The molecule has 0 aliphatic heterocycles. The van der Waals surface area contributed by atoms with Gasteiger partial charge in [0.1, 0.15) is 0 Å². The molecule has 0 aliphatic carbocycles. The molecular formula is C31H42N4S2. The summed E-state index contributed by atoms with van der Waals surface area (Å²) in [5.41, 5.74) is 2.29. The molecule has 0 N–H and O–H groups in total. The van der Waals surface area contributed by atoms with Crippen LogP contribution in [0, 0.1) is 0 Å². The fourth-order valence-electron chi connectivity index (χ4n) is 4.79.